The number of carbonyl (C=O) groups is 1. The molecule has 50 heavy (non-hydrogen) atoms. The molecule has 1 aliphatic rings. The lowest BCUT2D eigenvalue weighted by Crippen LogP contribution is -2.23. The highest BCUT2D eigenvalue weighted by molar-refractivity contribution is 7.89. The standard InChI is InChI=1S/C34H28N4O9S3/c35-49(43,44)24-8-1-19(2-9-24)18-36-50(45,46)25-10-3-20(4-11-25)37-34(48)38-21-5-12-26(29(15-21)33(41)42)32-27-13-6-22(39)16-30(27)47-31-17-23(40)7-14-28(31)32/h1-17,32,36,39-40H,18H2,(H,41,42)(H2,35,43,44)(H2,37,38,48). The molecule has 5 aromatic rings. The van der Waals surface area contributed by atoms with Gasteiger partial charge >= 0.3 is 5.97 Å². The van der Waals surface area contributed by atoms with Crippen molar-refractivity contribution < 1.29 is 41.7 Å². The molecule has 0 spiro atoms. The molecule has 1 aliphatic heterocycles. The number of sulfonamides is 2. The Kier molecular flexibility index (Phi) is 9.21. The molecule has 0 fully saturated rings. The third kappa shape index (κ3) is 7.39. The van der Waals surface area contributed by atoms with Crippen molar-refractivity contribution in [3.05, 3.63) is 131 Å². The van der Waals surface area contributed by atoms with Crippen LogP contribution in [0.5, 0.6) is 23.0 Å². The number of benzene rings is 5. The first-order chi connectivity index (χ1) is 23.7. The summed E-state index contributed by atoms with van der Waals surface area (Å²) in [4.78, 5) is 12.4. The van der Waals surface area contributed by atoms with Gasteiger partial charge in [-0.25, -0.2) is 31.5 Å². The quantitative estimate of drug-likeness (QED) is 0.0976. The number of carboxylic acids is 1. The summed E-state index contributed by atoms with van der Waals surface area (Å²) in [6.45, 7) is -0.0842. The Morgan fingerprint density at radius 2 is 1.24 bits per heavy atom. The van der Waals surface area contributed by atoms with Crippen LogP contribution in [0, 0.1) is 0 Å². The molecule has 0 bridgehead atoms. The highest BCUT2D eigenvalue weighted by Crippen LogP contribution is 2.50. The van der Waals surface area contributed by atoms with Crippen molar-refractivity contribution in [2.24, 2.45) is 5.14 Å². The van der Waals surface area contributed by atoms with Gasteiger partial charge in [-0.05, 0) is 84.0 Å². The van der Waals surface area contributed by atoms with Crippen LogP contribution in [-0.4, -0.2) is 43.2 Å². The molecule has 8 N–H and O–H groups in total. The molecular weight excluding hydrogens is 705 g/mol. The minimum absolute atomic E-state index is 0.0218. The average Bonchev–Trinajstić information content (AvgIpc) is 3.06. The fourth-order valence-electron chi connectivity index (χ4n) is 5.46. The third-order valence-corrected chi connectivity index (χ3v) is 10.4. The number of fused-ring (bicyclic) bond motifs is 2. The Bertz CT molecular complexity index is 2320. The molecule has 5 aromatic carbocycles. The van der Waals surface area contributed by atoms with Gasteiger partial charge in [0.15, 0.2) is 5.11 Å². The number of ether oxygens (including phenoxy) is 1. The lowest BCUT2D eigenvalue weighted by molar-refractivity contribution is 0.0695. The van der Waals surface area contributed by atoms with Gasteiger partial charge in [0.1, 0.15) is 23.0 Å². The summed E-state index contributed by atoms with van der Waals surface area (Å²) in [5, 5.41) is 41.5. The first kappa shape index (κ1) is 34.3. The number of hydrogen-bond acceptors (Lipinski definition) is 9. The minimum atomic E-state index is -3.92. The lowest BCUT2D eigenvalue weighted by Gasteiger charge is -2.30. The van der Waals surface area contributed by atoms with Gasteiger partial charge in [0.05, 0.1) is 15.4 Å². The summed E-state index contributed by atoms with van der Waals surface area (Å²) in [6.07, 6.45) is 0. The van der Waals surface area contributed by atoms with Crippen LogP contribution in [0.1, 0.15) is 38.5 Å². The van der Waals surface area contributed by atoms with E-state index >= 15 is 0 Å². The number of rotatable bonds is 9. The fraction of sp³-hybridized carbons (Fsp3) is 0.0588. The van der Waals surface area contributed by atoms with Gasteiger partial charge in [-0.1, -0.05) is 30.3 Å². The van der Waals surface area contributed by atoms with E-state index < -0.39 is 31.9 Å². The van der Waals surface area contributed by atoms with E-state index in [0.29, 0.717) is 45.1 Å². The number of nitrogens with two attached hydrogens (primary N) is 1. The number of hydrogen-bond donors (Lipinski definition) is 7. The predicted molar refractivity (Wildman–Crippen MR) is 189 cm³/mol. The van der Waals surface area contributed by atoms with Crippen molar-refractivity contribution in [3.63, 3.8) is 0 Å². The number of phenolic OH excluding ortho intramolecular Hbond substituents is 2. The van der Waals surface area contributed by atoms with Gasteiger partial charge in [0.2, 0.25) is 20.0 Å². The molecular formula is C34H28N4O9S3. The summed E-state index contributed by atoms with van der Waals surface area (Å²) < 4.78 is 56.9. The number of carboxylic acid groups (broad SMARTS) is 1. The summed E-state index contributed by atoms with van der Waals surface area (Å²) in [5.74, 6) is -1.22. The number of nitrogens with one attached hydrogen (secondary N) is 3. The van der Waals surface area contributed by atoms with Gasteiger partial charge < -0.3 is 30.7 Å². The molecule has 256 valence electrons. The summed E-state index contributed by atoms with van der Waals surface area (Å²) in [5.41, 5.74) is 3.02. The fourth-order valence-corrected chi connectivity index (χ4v) is 7.23. The van der Waals surface area contributed by atoms with E-state index in [2.05, 4.69) is 15.4 Å². The summed E-state index contributed by atoms with van der Waals surface area (Å²) >= 11 is 5.44. The number of primary sulfonamides is 1. The van der Waals surface area contributed by atoms with E-state index in [1.165, 1.54) is 78.9 Å². The van der Waals surface area contributed by atoms with Crippen molar-refractivity contribution in [3.8, 4) is 23.0 Å². The Labute approximate surface area is 292 Å². The topological polar surface area (TPSA) is 217 Å². The van der Waals surface area contributed by atoms with Crippen LogP contribution in [-0.2, 0) is 26.6 Å². The predicted octanol–water partition coefficient (Wildman–Crippen LogP) is 5.02. The largest absolute Gasteiger partial charge is 0.508 e. The van der Waals surface area contributed by atoms with Crippen LogP contribution < -0.4 is 25.2 Å². The molecule has 0 unspecified atom stereocenters. The van der Waals surface area contributed by atoms with E-state index in [1.807, 2.05) is 0 Å². The van der Waals surface area contributed by atoms with Crippen LogP contribution >= 0.6 is 12.2 Å². The van der Waals surface area contributed by atoms with Crippen LogP contribution in [0.15, 0.2) is 113 Å². The smallest absolute Gasteiger partial charge is 0.336 e. The molecule has 0 saturated heterocycles. The van der Waals surface area contributed by atoms with Crippen LogP contribution in [0.3, 0.4) is 0 Å². The molecule has 0 atom stereocenters. The second-order valence-corrected chi connectivity index (χ2v) is 14.9. The number of thiocarbonyl (C=S) groups is 1. The summed E-state index contributed by atoms with van der Waals surface area (Å²) in [6, 6.07) is 25.1. The Morgan fingerprint density at radius 1 is 0.720 bits per heavy atom. The van der Waals surface area contributed by atoms with Crippen molar-refractivity contribution in [1.29, 1.82) is 0 Å². The summed E-state index contributed by atoms with van der Waals surface area (Å²) in [7, 11) is -7.78. The van der Waals surface area contributed by atoms with E-state index in [1.54, 1.807) is 24.3 Å². The highest BCUT2D eigenvalue weighted by Gasteiger charge is 2.32. The van der Waals surface area contributed by atoms with Crippen molar-refractivity contribution >= 4 is 54.7 Å². The minimum Gasteiger partial charge on any atom is -0.508 e. The van der Waals surface area contributed by atoms with E-state index in [-0.39, 0.29) is 38.5 Å². The first-order valence-corrected chi connectivity index (χ1v) is 18.1. The van der Waals surface area contributed by atoms with Crippen molar-refractivity contribution in [1.82, 2.24) is 4.72 Å². The maximum absolute atomic E-state index is 12.8. The van der Waals surface area contributed by atoms with Gasteiger partial charge in [-0.15, -0.1) is 0 Å². The SMILES string of the molecule is NS(=O)(=O)c1ccc(CNS(=O)(=O)c2ccc(NC(=S)Nc3ccc(C4c5ccc(O)cc5Oc5cc(O)ccc54)c(C(=O)O)c3)cc2)cc1. The molecule has 0 saturated carbocycles. The lowest BCUT2D eigenvalue weighted by atomic mass is 9.80. The van der Waals surface area contributed by atoms with Crippen LogP contribution in [0.2, 0.25) is 0 Å². The molecule has 16 heteroatoms. The third-order valence-electron chi connectivity index (χ3n) is 7.83. The molecule has 0 radical (unpaired) electrons. The van der Waals surface area contributed by atoms with Crippen LogP contribution in [0.4, 0.5) is 11.4 Å². The second-order valence-electron chi connectivity index (χ2n) is 11.2. The Hall–Kier alpha value is -5.52. The highest BCUT2D eigenvalue weighted by atomic mass is 32.2. The zero-order valence-corrected chi connectivity index (χ0v) is 28.1. The first-order valence-electron chi connectivity index (χ1n) is 14.7. The second kappa shape index (κ2) is 13.4. The normalized spacial score (nSPS) is 12.7. The number of aromatic carboxylic acids is 1. The zero-order valence-electron chi connectivity index (χ0n) is 25.7. The van der Waals surface area contributed by atoms with Crippen molar-refractivity contribution in [2.75, 3.05) is 10.6 Å². The Balaban J connectivity index is 1.16. The monoisotopic (exact) mass is 732 g/mol. The van der Waals surface area contributed by atoms with Gasteiger partial charge in [-0.2, -0.15) is 0 Å². The van der Waals surface area contributed by atoms with E-state index in [9.17, 15) is 36.9 Å². The van der Waals surface area contributed by atoms with Crippen LogP contribution in [0.25, 0.3) is 0 Å². The molecule has 13 nitrogen and oxygen atoms in total. The van der Waals surface area contributed by atoms with E-state index in [4.69, 9.17) is 22.1 Å². The molecule has 6 rings (SSSR count). The Morgan fingerprint density at radius 3 is 1.80 bits per heavy atom. The molecule has 0 aromatic heterocycles. The zero-order chi connectivity index (χ0) is 35.8. The maximum Gasteiger partial charge on any atom is 0.336 e. The van der Waals surface area contributed by atoms with Gasteiger partial charge in [0.25, 0.3) is 0 Å². The average molecular weight is 733 g/mol. The maximum atomic E-state index is 12.8. The molecule has 0 amide bonds. The molecule has 1 heterocycles. The number of anilines is 2. The van der Waals surface area contributed by atoms with E-state index in [0.717, 1.165) is 0 Å². The molecule has 0 aliphatic carbocycles. The van der Waals surface area contributed by atoms with Crippen molar-refractivity contribution in [2.45, 2.75) is 22.3 Å². The number of aromatic hydroxyl groups is 2. The van der Waals surface area contributed by atoms with Gasteiger partial charge in [-0.3, -0.25) is 0 Å². The van der Waals surface area contributed by atoms with Gasteiger partial charge in [0, 0.05) is 47.1 Å². The number of phenols is 2.